The van der Waals surface area contributed by atoms with Gasteiger partial charge in [-0.2, -0.15) is 0 Å². The molecule has 1 saturated heterocycles. The molecule has 0 radical (unpaired) electrons. The summed E-state index contributed by atoms with van der Waals surface area (Å²) in [7, 11) is 0. The summed E-state index contributed by atoms with van der Waals surface area (Å²) in [6.45, 7) is 6.99. The van der Waals surface area contributed by atoms with Crippen LogP contribution in [0.15, 0.2) is 51.7 Å². The molecule has 2 heterocycles. The molecule has 184 valence electrons. The topological polar surface area (TPSA) is 104 Å². The van der Waals surface area contributed by atoms with Crippen LogP contribution >= 0.6 is 0 Å². The van der Waals surface area contributed by atoms with Crippen LogP contribution in [0, 0.1) is 6.92 Å². The molecule has 0 aliphatic carbocycles. The lowest BCUT2D eigenvalue weighted by Gasteiger charge is -2.12. The molecule has 8 heteroatoms. The molecule has 1 fully saturated rings. The maximum atomic E-state index is 12.4. The van der Waals surface area contributed by atoms with Crippen LogP contribution in [0.1, 0.15) is 54.1 Å². The lowest BCUT2D eigenvalue weighted by atomic mass is 9.98. The van der Waals surface area contributed by atoms with E-state index in [1.807, 2.05) is 25.1 Å². The molecular weight excluding hydrogens is 450 g/mol. The van der Waals surface area contributed by atoms with Crippen molar-refractivity contribution in [3.8, 4) is 11.5 Å². The number of esters is 1. The molecule has 2 aromatic carbocycles. The van der Waals surface area contributed by atoms with Gasteiger partial charge in [-0.15, -0.1) is 0 Å². The van der Waals surface area contributed by atoms with Gasteiger partial charge in [0.2, 0.25) is 0 Å². The Morgan fingerprint density at radius 2 is 1.91 bits per heavy atom. The van der Waals surface area contributed by atoms with Gasteiger partial charge >= 0.3 is 11.6 Å². The fourth-order valence-electron chi connectivity index (χ4n) is 4.11. The van der Waals surface area contributed by atoms with Gasteiger partial charge in [0.1, 0.15) is 22.6 Å². The maximum absolute atomic E-state index is 12.4. The zero-order chi connectivity index (χ0) is 24.9. The molecule has 0 bridgehead atoms. The number of hydrogen-bond donors (Lipinski definition) is 1. The number of carbonyl (C=O) groups excluding carboxylic acids is 2. The highest BCUT2D eigenvalue weighted by molar-refractivity contribution is 5.96. The van der Waals surface area contributed by atoms with Crippen molar-refractivity contribution >= 4 is 22.8 Å². The molecule has 1 aromatic heterocycles. The summed E-state index contributed by atoms with van der Waals surface area (Å²) >= 11 is 0. The Morgan fingerprint density at radius 3 is 2.63 bits per heavy atom. The summed E-state index contributed by atoms with van der Waals surface area (Å²) in [5.41, 5.74) is 1.66. The van der Waals surface area contributed by atoms with Crippen LogP contribution in [-0.4, -0.2) is 37.7 Å². The number of hydrogen-bond acceptors (Lipinski definition) is 7. The van der Waals surface area contributed by atoms with Crippen molar-refractivity contribution in [3.63, 3.8) is 0 Å². The van der Waals surface area contributed by atoms with E-state index >= 15 is 0 Å². The largest absolute Gasteiger partial charge is 0.482 e. The van der Waals surface area contributed by atoms with E-state index in [9.17, 15) is 14.4 Å². The predicted molar refractivity (Wildman–Crippen MR) is 130 cm³/mol. The molecule has 35 heavy (non-hydrogen) atoms. The molecule has 0 saturated carbocycles. The highest BCUT2D eigenvalue weighted by atomic mass is 16.6. The average Bonchev–Trinajstić information content (AvgIpc) is 3.34. The van der Waals surface area contributed by atoms with Crippen molar-refractivity contribution in [2.24, 2.45) is 0 Å². The summed E-state index contributed by atoms with van der Waals surface area (Å²) in [4.78, 5) is 37.1. The fraction of sp³-hybridized carbons (Fsp3) is 0.370. The third-order valence-corrected chi connectivity index (χ3v) is 5.92. The third kappa shape index (κ3) is 6.08. The molecule has 1 N–H and O–H groups in total. The van der Waals surface area contributed by atoms with Gasteiger partial charge in [-0.3, -0.25) is 4.79 Å². The Kier molecular flexibility index (Phi) is 7.51. The van der Waals surface area contributed by atoms with Crippen LogP contribution < -0.4 is 20.4 Å². The first kappa shape index (κ1) is 24.5. The smallest absolute Gasteiger partial charge is 0.349 e. The van der Waals surface area contributed by atoms with Gasteiger partial charge in [-0.1, -0.05) is 19.9 Å². The number of aryl methyl sites for hydroxylation is 1. The van der Waals surface area contributed by atoms with E-state index in [4.69, 9.17) is 18.6 Å². The molecule has 1 aliphatic rings. The van der Waals surface area contributed by atoms with Crippen molar-refractivity contribution in [1.29, 1.82) is 0 Å². The number of rotatable bonds is 8. The quantitative estimate of drug-likeness (QED) is 0.294. The molecular formula is C27H29NO7. The number of nitrogens with one attached hydrogen (secondary N) is 1. The molecule has 1 atom stereocenters. The molecule has 0 spiro atoms. The minimum atomic E-state index is -0.769. The second-order valence-corrected chi connectivity index (χ2v) is 8.93. The number of fused-ring (bicyclic) bond motifs is 1. The Labute approximate surface area is 203 Å². The second-order valence-electron chi connectivity index (χ2n) is 8.93. The standard InChI is InChI=1S/C27H29NO7/c1-16(2)22-9-8-19(11-17(22)3)33-15-25(29)34-20-7-6-18-12-23(27(31)35-24(18)13-20)26(30)28-14-21-5-4-10-32-21/h6-9,11-13,16,21H,4-5,10,14-15H2,1-3H3,(H,28,30). The first-order chi connectivity index (χ1) is 16.8. The maximum Gasteiger partial charge on any atom is 0.349 e. The third-order valence-electron chi connectivity index (χ3n) is 5.92. The molecule has 3 aromatic rings. The Balaban J connectivity index is 1.37. The first-order valence-corrected chi connectivity index (χ1v) is 11.7. The summed E-state index contributed by atoms with van der Waals surface area (Å²) in [5, 5.41) is 3.25. The number of amides is 1. The summed E-state index contributed by atoms with van der Waals surface area (Å²) < 4.78 is 21.7. The second kappa shape index (κ2) is 10.7. The minimum absolute atomic E-state index is 0.0314. The van der Waals surface area contributed by atoms with Gasteiger partial charge in [0.25, 0.3) is 5.91 Å². The average molecular weight is 480 g/mol. The molecule has 1 amide bonds. The molecule has 4 rings (SSSR count). The van der Waals surface area contributed by atoms with Crippen molar-refractivity contribution in [3.05, 3.63) is 69.6 Å². The van der Waals surface area contributed by atoms with Gasteiger partial charge in [0.05, 0.1) is 6.10 Å². The van der Waals surface area contributed by atoms with Crippen molar-refractivity contribution in [2.75, 3.05) is 19.8 Å². The zero-order valence-corrected chi connectivity index (χ0v) is 20.1. The van der Waals surface area contributed by atoms with E-state index in [0.717, 1.165) is 18.4 Å². The summed E-state index contributed by atoms with van der Waals surface area (Å²) in [5.74, 6) is 0.0802. The van der Waals surface area contributed by atoms with Gasteiger partial charge < -0.3 is 23.9 Å². The van der Waals surface area contributed by atoms with E-state index in [2.05, 4.69) is 19.2 Å². The first-order valence-electron chi connectivity index (χ1n) is 11.7. The van der Waals surface area contributed by atoms with Crippen LogP contribution in [0.5, 0.6) is 11.5 Å². The minimum Gasteiger partial charge on any atom is -0.482 e. The summed E-state index contributed by atoms with van der Waals surface area (Å²) in [6.07, 6.45) is 1.81. The van der Waals surface area contributed by atoms with Gasteiger partial charge in [0, 0.05) is 24.6 Å². The molecule has 1 aliphatic heterocycles. The van der Waals surface area contributed by atoms with Gasteiger partial charge in [0.15, 0.2) is 6.61 Å². The highest BCUT2D eigenvalue weighted by Gasteiger charge is 2.19. The van der Waals surface area contributed by atoms with E-state index in [0.29, 0.717) is 30.2 Å². The fourth-order valence-corrected chi connectivity index (χ4v) is 4.11. The van der Waals surface area contributed by atoms with Crippen molar-refractivity contribution in [1.82, 2.24) is 5.32 Å². The molecule has 1 unspecified atom stereocenters. The summed E-state index contributed by atoms with van der Waals surface area (Å²) in [6, 6.07) is 11.8. The van der Waals surface area contributed by atoms with Crippen molar-refractivity contribution in [2.45, 2.75) is 45.6 Å². The Hall–Kier alpha value is -3.65. The van der Waals surface area contributed by atoms with E-state index in [1.165, 1.54) is 17.7 Å². The number of ether oxygens (including phenoxy) is 3. The van der Waals surface area contributed by atoms with Crippen LogP contribution in [0.2, 0.25) is 0 Å². The van der Waals surface area contributed by atoms with Crippen molar-refractivity contribution < 1.29 is 28.2 Å². The monoisotopic (exact) mass is 479 g/mol. The van der Waals surface area contributed by atoms with E-state index in [-0.39, 0.29) is 29.6 Å². The number of carbonyl (C=O) groups is 2. The Bertz CT molecular complexity index is 1290. The van der Waals surface area contributed by atoms with E-state index in [1.54, 1.807) is 12.1 Å². The van der Waals surface area contributed by atoms with Gasteiger partial charge in [-0.25, -0.2) is 9.59 Å². The number of benzene rings is 2. The SMILES string of the molecule is Cc1cc(OCC(=O)Oc2ccc3cc(C(=O)NCC4CCCO4)c(=O)oc3c2)ccc1C(C)C. The normalized spacial score (nSPS) is 15.4. The van der Waals surface area contributed by atoms with Crippen LogP contribution in [0.3, 0.4) is 0 Å². The highest BCUT2D eigenvalue weighted by Crippen LogP contribution is 2.24. The van der Waals surface area contributed by atoms with E-state index < -0.39 is 17.5 Å². The van der Waals surface area contributed by atoms with Crippen LogP contribution in [-0.2, 0) is 9.53 Å². The molecule has 8 nitrogen and oxygen atoms in total. The van der Waals surface area contributed by atoms with Gasteiger partial charge in [-0.05, 0) is 67.1 Å². The zero-order valence-electron chi connectivity index (χ0n) is 20.1. The Morgan fingerprint density at radius 1 is 1.11 bits per heavy atom. The van der Waals surface area contributed by atoms with Crippen LogP contribution in [0.4, 0.5) is 0 Å². The van der Waals surface area contributed by atoms with Crippen LogP contribution in [0.25, 0.3) is 11.0 Å². The lowest BCUT2D eigenvalue weighted by Crippen LogP contribution is -2.34. The predicted octanol–water partition coefficient (Wildman–Crippen LogP) is 4.12. The lowest BCUT2D eigenvalue weighted by molar-refractivity contribution is -0.136.